The molecule has 0 saturated heterocycles. The van der Waals surface area contributed by atoms with E-state index in [2.05, 4.69) is 48.4 Å². The Hall–Kier alpha value is -2.80. The summed E-state index contributed by atoms with van der Waals surface area (Å²) in [7, 11) is 0. The number of hydrogen-bond donors (Lipinski definition) is 1. The number of nitrogens with one attached hydrogen (secondary N) is 1. The lowest BCUT2D eigenvalue weighted by Crippen LogP contribution is -2.29. The molecule has 30 heavy (non-hydrogen) atoms. The molecular formula is C23H27N3O3S. The number of carbonyl (C=O) groups excluding carboxylic acids is 1. The monoisotopic (exact) mass is 425 g/mol. The molecule has 3 aromatic rings. The van der Waals surface area contributed by atoms with Crippen LogP contribution in [0.4, 0.5) is 0 Å². The van der Waals surface area contributed by atoms with Crippen molar-refractivity contribution in [3.8, 4) is 17.2 Å². The summed E-state index contributed by atoms with van der Waals surface area (Å²) in [6.45, 7) is 9.38. The number of amides is 1. The number of thioether (sulfide) groups is 1. The maximum atomic E-state index is 12.0. The summed E-state index contributed by atoms with van der Waals surface area (Å²) < 4.78 is 11.3. The first-order valence-corrected chi connectivity index (χ1v) is 10.8. The van der Waals surface area contributed by atoms with Crippen LogP contribution in [0.1, 0.15) is 31.9 Å². The van der Waals surface area contributed by atoms with Crippen LogP contribution in [-0.4, -0.2) is 35.0 Å². The zero-order chi connectivity index (χ0) is 21.6. The lowest BCUT2D eigenvalue weighted by Gasteiger charge is -2.19. The van der Waals surface area contributed by atoms with E-state index in [1.807, 2.05) is 43.3 Å². The quantitative estimate of drug-likeness (QED) is 0.419. The Morgan fingerprint density at radius 1 is 1.07 bits per heavy atom. The molecule has 0 aliphatic carbocycles. The minimum atomic E-state index is -0.109. The molecule has 0 bridgehead atoms. The molecular weight excluding hydrogens is 398 g/mol. The van der Waals surface area contributed by atoms with Crippen molar-refractivity contribution in [3.05, 3.63) is 59.7 Å². The number of nitrogens with zero attached hydrogens (tertiary/aromatic N) is 2. The highest BCUT2D eigenvalue weighted by molar-refractivity contribution is 7.99. The van der Waals surface area contributed by atoms with Crippen LogP contribution in [0.2, 0.25) is 0 Å². The summed E-state index contributed by atoms with van der Waals surface area (Å²) in [4.78, 5) is 12.0. The van der Waals surface area contributed by atoms with Crippen LogP contribution in [0.15, 0.2) is 58.2 Å². The number of carbonyl (C=O) groups is 1. The fourth-order valence-corrected chi connectivity index (χ4v) is 3.26. The van der Waals surface area contributed by atoms with E-state index >= 15 is 0 Å². The molecule has 1 aromatic heterocycles. The predicted molar refractivity (Wildman–Crippen MR) is 119 cm³/mol. The highest BCUT2D eigenvalue weighted by Crippen LogP contribution is 2.24. The second-order valence-corrected chi connectivity index (χ2v) is 8.93. The van der Waals surface area contributed by atoms with Crippen molar-refractivity contribution in [3.63, 3.8) is 0 Å². The van der Waals surface area contributed by atoms with Gasteiger partial charge in [0.05, 0.1) is 12.3 Å². The van der Waals surface area contributed by atoms with E-state index in [0.717, 1.165) is 16.9 Å². The molecule has 2 aromatic carbocycles. The van der Waals surface area contributed by atoms with E-state index in [1.54, 1.807) is 0 Å². The Morgan fingerprint density at radius 2 is 1.77 bits per heavy atom. The summed E-state index contributed by atoms with van der Waals surface area (Å²) in [5.74, 6) is 1.34. The second kappa shape index (κ2) is 9.80. The van der Waals surface area contributed by atoms with E-state index < -0.39 is 0 Å². The molecule has 0 radical (unpaired) electrons. The van der Waals surface area contributed by atoms with Crippen molar-refractivity contribution in [1.82, 2.24) is 15.5 Å². The zero-order valence-corrected chi connectivity index (χ0v) is 18.6. The Bertz CT molecular complexity index is 961. The number of benzene rings is 2. The standard InChI is InChI=1S/C23H27N3O3S/c1-16-5-7-17(8-6-16)21-25-26-22(29-21)30-15-20(27)24-13-14-28-19-11-9-18(10-12-19)23(2,3)4/h5-12H,13-15H2,1-4H3,(H,24,27). The van der Waals surface area contributed by atoms with Crippen molar-refractivity contribution in [2.24, 2.45) is 0 Å². The maximum Gasteiger partial charge on any atom is 0.277 e. The second-order valence-electron chi connectivity index (χ2n) is 8.00. The van der Waals surface area contributed by atoms with Gasteiger partial charge in [-0.25, -0.2) is 0 Å². The average molecular weight is 426 g/mol. The average Bonchev–Trinajstić information content (AvgIpc) is 3.19. The minimum Gasteiger partial charge on any atom is -0.492 e. The van der Waals surface area contributed by atoms with Crippen molar-refractivity contribution in [2.45, 2.75) is 38.3 Å². The van der Waals surface area contributed by atoms with Gasteiger partial charge in [-0.3, -0.25) is 4.79 Å². The van der Waals surface area contributed by atoms with Gasteiger partial charge in [-0.05, 0) is 42.2 Å². The Morgan fingerprint density at radius 3 is 2.43 bits per heavy atom. The first-order valence-electron chi connectivity index (χ1n) is 9.85. The van der Waals surface area contributed by atoms with E-state index in [0.29, 0.717) is 24.3 Å². The molecule has 0 fully saturated rings. The van der Waals surface area contributed by atoms with E-state index in [-0.39, 0.29) is 17.1 Å². The lowest BCUT2D eigenvalue weighted by molar-refractivity contribution is -0.118. The number of hydrogen-bond acceptors (Lipinski definition) is 6. The van der Waals surface area contributed by atoms with Gasteiger partial charge in [0, 0.05) is 5.56 Å². The van der Waals surface area contributed by atoms with Gasteiger partial charge in [-0.2, -0.15) is 0 Å². The molecule has 0 unspecified atom stereocenters. The van der Waals surface area contributed by atoms with Crippen molar-refractivity contribution in [2.75, 3.05) is 18.9 Å². The van der Waals surface area contributed by atoms with Crippen LogP contribution in [0.3, 0.4) is 0 Å². The minimum absolute atomic E-state index is 0.109. The third-order valence-corrected chi connectivity index (χ3v) is 5.26. The Kier molecular flexibility index (Phi) is 7.15. The Balaban J connectivity index is 1.37. The first kappa shape index (κ1) is 21.9. The van der Waals surface area contributed by atoms with Gasteiger partial charge in [-0.15, -0.1) is 10.2 Å². The van der Waals surface area contributed by atoms with E-state index in [4.69, 9.17) is 9.15 Å². The molecule has 0 aliphatic heterocycles. The van der Waals surface area contributed by atoms with E-state index in [9.17, 15) is 4.79 Å². The smallest absolute Gasteiger partial charge is 0.277 e. The van der Waals surface area contributed by atoms with Crippen LogP contribution in [0.25, 0.3) is 11.5 Å². The molecule has 7 heteroatoms. The predicted octanol–water partition coefficient (Wildman–Crippen LogP) is 4.63. The number of aromatic nitrogens is 2. The van der Waals surface area contributed by atoms with Crippen LogP contribution in [0.5, 0.6) is 5.75 Å². The fourth-order valence-electron chi connectivity index (χ4n) is 2.67. The summed E-state index contributed by atoms with van der Waals surface area (Å²) in [6, 6.07) is 15.9. The zero-order valence-electron chi connectivity index (χ0n) is 17.8. The topological polar surface area (TPSA) is 77.2 Å². The van der Waals surface area contributed by atoms with Crippen LogP contribution < -0.4 is 10.1 Å². The molecule has 0 spiro atoms. The van der Waals surface area contributed by atoms with Gasteiger partial charge in [0.2, 0.25) is 11.8 Å². The third kappa shape index (κ3) is 6.35. The summed E-state index contributed by atoms with van der Waals surface area (Å²) in [5.41, 5.74) is 3.39. The van der Waals surface area contributed by atoms with Gasteiger partial charge in [0.1, 0.15) is 12.4 Å². The maximum absolute atomic E-state index is 12.0. The van der Waals surface area contributed by atoms with Crippen LogP contribution in [-0.2, 0) is 10.2 Å². The van der Waals surface area contributed by atoms with Crippen LogP contribution >= 0.6 is 11.8 Å². The molecule has 0 saturated carbocycles. The molecule has 6 nitrogen and oxygen atoms in total. The number of rotatable bonds is 8. The third-order valence-electron chi connectivity index (χ3n) is 4.45. The fraction of sp³-hybridized carbons (Fsp3) is 0.348. The van der Waals surface area contributed by atoms with Gasteiger partial charge in [0.15, 0.2) is 0 Å². The molecule has 0 aliphatic rings. The number of ether oxygens (including phenoxy) is 1. The van der Waals surface area contributed by atoms with Gasteiger partial charge >= 0.3 is 0 Å². The molecule has 1 N–H and O–H groups in total. The highest BCUT2D eigenvalue weighted by atomic mass is 32.2. The Labute approximate surface area is 181 Å². The van der Waals surface area contributed by atoms with Gasteiger partial charge in [-0.1, -0.05) is 62.4 Å². The van der Waals surface area contributed by atoms with Crippen LogP contribution in [0, 0.1) is 6.92 Å². The molecule has 158 valence electrons. The first-order chi connectivity index (χ1) is 14.3. The number of aryl methyl sites for hydroxylation is 1. The van der Waals surface area contributed by atoms with E-state index in [1.165, 1.54) is 17.3 Å². The van der Waals surface area contributed by atoms with Crippen molar-refractivity contribution in [1.29, 1.82) is 0 Å². The summed E-state index contributed by atoms with van der Waals surface area (Å²) in [6.07, 6.45) is 0. The van der Waals surface area contributed by atoms with Crippen molar-refractivity contribution >= 4 is 17.7 Å². The molecule has 1 heterocycles. The summed E-state index contributed by atoms with van der Waals surface area (Å²) in [5, 5.41) is 11.2. The largest absolute Gasteiger partial charge is 0.492 e. The molecule has 1 amide bonds. The van der Waals surface area contributed by atoms with Crippen molar-refractivity contribution < 1.29 is 13.9 Å². The van der Waals surface area contributed by atoms with Gasteiger partial charge < -0.3 is 14.5 Å². The summed E-state index contributed by atoms with van der Waals surface area (Å²) >= 11 is 1.21. The highest BCUT2D eigenvalue weighted by Gasteiger charge is 2.13. The molecule has 3 rings (SSSR count). The molecule has 0 atom stereocenters. The SMILES string of the molecule is Cc1ccc(-c2nnc(SCC(=O)NCCOc3ccc(C(C)(C)C)cc3)o2)cc1. The lowest BCUT2D eigenvalue weighted by atomic mass is 9.87. The van der Waals surface area contributed by atoms with Gasteiger partial charge in [0.25, 0.3) is 5.22 Å². The normalized spacial score (nSPS) is 11.3.